The molecule has 3 rings (SSSR count). The number of thiophene rings is 1. The van der Waals surface area contributed by atoms with Crippen molar-refractivity contribution in [1.82, 2.24) is 15.2 Å². The molecule has 2 aromatic rings. The highest BCUT2D eigenvalue weighted by atomic mass is 35.5. The zero-order chi connectivity index (χ0) is 16.4. The van der Waals surface area contributed by atoms with Gasteiger partial charge in [0.1, 0.15) is 4.83 Å². The summed E-state index contributed by atoms with van der Waals surface area (Å²) in [6, 6.07) is 2.01. The van der Waals surface area contributed by atoms with Gasteiger partial charge < -0.3 is 15.1 Å². The van der Waals surface area contributed by atoms with E-state index in [1.165, 1.54) is 17.8 Å². The van der Waals surface area contributed by atoms with Crippen molar-refractivity contribution < 1.29 is 4.79 Å². The maximum absolute atomic E-state index is 12.7. The average molecular weight is 425 g/mol. The molecule has 1 fully saturated rings. The lowest BCUT2D eigenvalue weighted by Crippen LogP contribution is -2.38. The van der Waals surface area contributed by atoms with Crippen LogP contribution in [-0.4, -0.2) is 56.6 Å². The predicted molar refractivity (Wildman–Crippen MR) is 113 cm³/mol. The minimum atomic E-state index is 0. The number of nitrogens with zero attached hydrogens (tertiary/aromatic N) is 3. The number of fused-ring (bicyclic) bond motifs is 1. The van der Waals surface area contributed by atoms with Gasteiger partial charge in [-0.2, -0.15) is 0 Å². The number of rotatable bonds is 5. The summed E-state index contributed by atoms with van der Waals surface area (Å²) in [6.07, 6.45) is 3.46. The van der Waals surface area contributed by atoms with E-state index in [1.807, 2.05) is 37.0 Å². The van der Waals surface area contributed by atoms with E-state index in [0.717, 1.165) is 57.9 Å². The molecule has 1 aliphatic heterocycles. The van der Waals surface area contributed by atoms with Gasteiger partial charge in [-0.25, -0.2) is 4.98 Å². The van der Waals surface area contributed by atoms with Crippen LogP contribution in [0.4, 0.5) is 5.13 Å². The van der Waals surface area contributed by atoms with Gasteiger partial charge in [-0.1, -0.05) is 11.3 Å². The number of thiazole rings is 1. The highest BCUT2D eigenvalue weighted by molar-refractivity contribution is 7.29. The van der Waals surface area contributed by atoms with Crippen molar-refractivity contribution in [2.75, 3.05) is 45.7 Å². The fourth-order valence-corrected chi connectivity index (χ4v) is 5.05. The average Bonchev–Trinajstić information content (AvgIpc) is 3.11. The number of hydrogen-bond acceptors (Lipinski definition) is 6. The molecule has 0 saturated carbocycles. The van der Waals surface area contributed by atoms with Gasteiger partial charge in [0.15, 0.2) is 5.13 Å². The lowest BCUT2D eigenvalue weighted by molar-refractivity contribution is 0.0692. The van der Waals surface area contributed by atoms with Crippen LogP contribution in [0.3, 0.4) is 0 Å². The van der Waals surface area contributed by atoms with Crippen molar-refractivity contribution >= 4 is 68.1 Å². The highest BCUT2D eigenvalue weighted by Crippen LogP contribution is 2.34. The Labute approximate surface area is 169 Å². The van der Waals surface area contributed by atoms with Gasteiger partial charge >= 0.3 is 0 Å². The van der Waals surface area contributed by atoms with Crippen molar-refractivity contribution in [3.8, 4) is 0 Å². The summed E-state index contributed by atoms with van der Waals surface area (Å²) in [7, 11) is 5.98. The number of halogens is 2. The summed E-state index contributed by atoms with van der Waals surface area (Å²) in [5.41, 5.74) is 0. The second-order valence-electron chi connectivity index (χ2n) is 6.30. The number of hydrogen-bond donors (Lipinski definition) is 1. The maximum Gasteiger partial charge on any atom is 0.264 e. The van der Waals surface area contributed by atoms with Crippen LogP contribution in [-0.2, 0) is 0 Å². The Hall–Kier alpha value is -0.600. The molecule has 0 radical (unpaired) electrons. The molecular formula is C16H26Cl2N4OS2. The van der Waals surface area contributed by atoms with Gasteiger partial charge in [0, 0.05) is 27.2 Å². The molecule has 0 bridgehead atoms. The van der Waals surface area contributed by atoms with Crippen LogP contribution >= 0.6 is 47.5 Å². The molecule has 142 valence electrons. The first-order chi connectivity index (χ1) is 11.1. The zero-order valence-electron chi connectivity index (χ0n) is 14.8. The molecule has 25 heavy (non-hydrogen) atoms. The summed E-state index contributed by atoms with van der Waals surface area (Å²) in [6.45, 7) is 2.84. The number of piperidine rings is 1. The third kappa shape index (κ3) is 5.20. The van der Waals surface area contributed by atoms with Crippen molar-refractivity contribution in [3.63, 3.8) is 0 Å². The number of aromatic nitrogens is 1. The topological polar surface area (TPSA) is 48.5 Å². The highest BCUT2D eigenvalue weighted by Gasteiger charge is 2.25. The molecule has 0 unspecified atom stereocenters. The molecule has 5 nitrogen and oxygen atoms in total. The Morgan fingerprint density at radius 1 is 1.32 bits per heavy atom. The lowest BCUT2D eigenvalue weighted by atomic mass is 9.93. The monoisotopic (exact) mass is 424 g/mol. The van der Waals surface area contributed by atoms with Gasteiger partial charge in [0.05, 0.1) is 9.58 Å². The summed E-state index contributed by atoms with van der Waals surface area (Å²) in [4.78, 5) is 23.1. The SMILES string of the molecule is CNCCC1CCN(C(=O)c2cc3sc(N(C)C)nc3s2)CC1.Cl.Cl. The van der Waals surface area contributed by atoms with Crippen molar-refractivity contribution in [1.29, 1.82) is 0 Å². The Morgan fingerprint density at radius 3 is 2.56 bits per heavy atom. The van der Waals surface area contributed by atoms with Crippen LogP contribution in [0.15, 0.2) is 6.07 Å². The van der Waals surface area contributed by atoms with E-state index in [4.69, 9.17) is 0 Å². The lowest BCUT2D eigenvalue weighted by Gasteiger charge is -2.31. The maximum atomic E-state index is 12.7. The second-order valence-corrected chi connectivity index (χ2v) is 8.34. The number of carbonyl (C=O) groups is 1. The van der Waals surface area contributed by atoms with Crippen LogP contribution in [0.25, 0.3) is 9.53 Å². The van der Waals surface area contributed by atoms with Gasteiger partial charge in [-0.3, -0.25) is 4.79 Å². The smallest absolute Gasteiger partial charge is 0.264 e. The normalized spacial score (nSPS) is 14.9. The van der Waals surface area contributed by atoms with E-state index in [2.05, 4.69) is 10.3 Å². The van der Waals surface area contributed by atoms with Gasteiger partial charge in [0.25, 0.3) is 5.91 Å². The third-order valence-corrected chi connectivity index (χ3v) is 6.69. The van der Waals surface area contributed by atoms with Crippen molar-refractivity contribution in [2.45, 2.75) is 19.3 Å². The predicted octanol–water partition coefficient (Wildman–Crippen LogP) is 3.73. The van der Waals surface area contributed by atoms with E-state index in [9.17, 15) is 4.79 Å². The molecule has 1 aliphatic rings. The van der Waals surface area contributed by atoms with Crippen LogP contribution in [0.1, 0.15) is 28.9 Å². The molecule has 1 saturated heterocycles. The molecule has 0 aromatic carbocycles. The second kappa shape index (κ2) is 9.92. The molecule has 0 atom stereocenters. The number of amides is 1. The van der Waals surface area contributed by atoms with E-state index in [0.29, 0.717) is 0 Å². The van der Waals surface area contributed by atoms with Crippen LogP contribution in [0.5, 0.6) is 0 Å². The largest absolute Gasteiger partial charge is 0.354 e. The van der Waals surface area contributed by atoms with E-state index >= 15 is 0 Å². The van der Waals surface area contributed by atoms with Gasteiger partial charge in [-0.05, 0) is 44.8 Å². The van der Waals surface area contributed by atoms with Gasteiger partial charge in [0.2, 0.25) is 0 Å². The number of anilines is 1. The minimum Gasteiger partial charge on any atom is -0.354 e. The molecule has 1 amide bonds. The fourth-order valence-electron chi connectivity index (χ4n) is 2.95. The minimum absolute atomic E-state index is 0. The first-order valence-electron chi connectivity index (χ1n) is 8.10. The first kappa shape index (κ1) is 22.4. The van der Waals surface area contributed by atoms with Gasteiger partial charge in [-0.15, -0.1) is 36.2 Å². The molecule has 1 N–H and O–H groups in total. The first-order valence-corrected chi connectivity index (χ1v) is 9.73. The summed E-state index contributed by atoms with van der Waals surface area (Å²) in [5, 5.41) is 4.21. The van der Waals surface area contributed by atoms with E-state index in [1.54, 1.807) is 11.3 Å². The molecular weight excluding hydrogens is 399 g/mol. The zero-order valence-corrected chi connectivity index (χ0v) is 18.0. The van der Waals surface area contributed by atoms with Crippen LogP contribution < -0.4 is 10.2 Å². The molecule has 3 heterocycles. The Morgan fingerprint density at radius 2 is 2.00 bits per heavy atom. The third-order valence-electron chi connectivity index (χ3n) is 4.38. The Kier molecular flexibility index (Phi) is 8.91. The quantitative estimate of drug-likeness (QED) is 0.793. The molecule has 9 heteroatoms. The summed E-state index contributed by atoms with van der Waals surface area (Å²) < 4.78 is 1.12. The Bertz CT molecular complexity index is 649. The molecule has 0 spiro atoms. The molecule has 2 aromatic heterocycles. The summed E-state index contributed by atoms with van der Waals surface area (Å²) in [5.74, 6) is 0.932. The number of nitrogens with one attached hydrogen (secondary N) is 1. The van der Waals surface area contributed by atoms with E-state index < -0.39 is 0 Å². The fraction of sp³-hybridized carbons (Fsp3) is 0.625. The van der Waals surface area contributed by atoms with Crippen LogP contribution in [0.2, 0.25) is 0 Å². The Balaban J connectivity index is 0.00000156. The molecule has 0 aliphatic carbocycles. The van der Waals surface area contributed by atoms with E-state index in [-0.39, 0.29) is 30.7 Å². The van der Waals surface area contributed by atoms with Crippen LogP contribution in [0, 0.1) is 5.92 Å². The number of carbonyl (C=O) groups excluding carboxylic acids is 1. The number of likely N-dealkylation sites (tertiary alicyclic amines) is 1. The standard InChI is InChI=1S/C16H24N4OS2.2ClH/c1-17-7-4-11-5-8-20(9-6-11)15(21)13-10-12-14(22-13)18-16(23-12)19(2)3;;/h10-11,17H,4-9H2,1-3H3;2*1H. The summed E-state index contributed by atoms with van der Waals surface area (Å²) >= 11 is 3.17. The van der Waals surface area contributed by atoms with Crippen molar-refractivity contribution in [2.24, 2.45) is 5.92 Å². The van der Waals surface area contributed by atoms with Crippen molar-refractivity contribution in [3.05, 3.63) is 10.9 Å².